The van der Waals surface area contributed by atoms with Gasteiger partial charge in [-0.2, -0.15) is 0 Å². The van der Waals surface area contributed by atoms with E-state index in [4.69, 9.17) is 5.73 Å². The smallest absolute Gasteiger partial charge is 0.227 e. The molecule has 5 heteroatoms. The van der Waals surface area contributed by atoms with E-state index in [0.717, 1.165) is 24.2 Å². The van der Waals surface area contributed by atoms with Crippen molar-refractivity contribution in [1.29, 1.82) is 0 Å². The van der Waals surface area contributed by atoms with Gasteiger partial charge in [0.2, 0.25) is 5.91 Å². The van der Waals surface area contributed by atoms with Crippen molar-refractivity contribution in [1.82, 2.24) is 5.32 Å². The number of hydrogen-bond donors (Lipinski definition) is 2. The molecule has 1 amide bonds. The van der Waals surface area contributed by atoms with Crippen LogP contribution in [0.3, 0.4) is 0 Å². The topological polar surface area (TPSA) is 55.1 Å². The minimum Gasteiger partial charge on any atom is -0.349 e. The highest BCUT2D eigenvalue weighted by Gasteiger charge is 2.33. The third-order valence-corrected chi connectivity index (χ3v) is 5.16. The second-order valence-corrected chi connectivity index (χ2v) is 6.73. The molecule has 1 rings (SSSR count). The van der Waals surface area contributed by atoms with E-state index in [1.807, 2.05) is 32.5 Å². The molecule has 0 heterocycles. The lowest BCUT2D eigenvalue weighted by molar-refractivity contribution is -0.131. The van der Waals surface area contributed by atoms with Crippen molar-refractivity contribution in [2.24, 2.45) is 11.1 Å². The van der Waals surface area contributed by atoms with Gasteiger partial charge in [0.1, 0.15) is 0 Å². The molecule has 0 aliphatic carbocycles. The Labute approximate surface area is 145 Å². The number of thioether (sulfide) groups is 1. The minimum absolute atomic E-state index is 0. The van der Waals surface area contributed by atoms with Gasteiger partial charge in [0.05, 0.1) is 11.5 Å². The molecule has 0 aromatic heterocycles. The lowest BCUT2D eigenvalue weighted by Gasteiger charge is -2.30. The third kappa shape index (κ3) is 5.18. The molecule has 0 saturated heterocycles. The summed E-state index contributed by atoms with van der Waals surface area (Å²) in [6.45, 7) is 8.61. The monoisotopic (exact) mass is 344 g/mol. The van der Waals surface area contributed by atoms with Crippen LogP contribution in [-0.2, 0) is 4.79 Å². The highest BCUT2D eigenvalue weighted by Crippen LogP contribution is 2.27. The summed E-state index contributed by atoms with van der Waals surface area (Å²) in [6.07, 6.45) is 1.54. The fraction of sp³-hybridized carbons (Fsp3) is 0.588. The van der Waals surface area contributed by atoms with E-state index < -0.39 is 5.41 Å². The normalized spacial score (nSPS) is 12.4. The first-order valence-electron chi connectivity index (χ1n) is 7.76. The molecule has 3 nitrogen and oxygen atoms in total. The molecule has 1 aromatic rings. The molecule has 0 radical (unpaired) electrons. The van der Waals surface area contributed by atoms with Crippen LogP contribution in [0.25, 0.3) is 0 Å². The van der Waals surface area contributed by atoms with Crippen LogP contribution in [-0.4, -0.2) is 18.2 Å². The highest BCUT2D eigenvalue weighted by atomic mass is 35.5. The molecule has 22 heavy (non-hydrogen) atoms. The van der Waals surface area contributed by atoms with Crippen LogP contribution >= 0.6 is 24.2 Å². The Bertz CT molecular complexity index is 438. The van der Waals surface area contributed by atoms with Gasteiger partial charge in [-0.3, -0.25) is 4.79 Å². The van der Waals surface area contributed by atoms with Gasteiger partial charge in [0, 0.05) is 11.4 Å². The molecule has 1 atom stereocenters. The molecule has 0 spiro atoms. The van der Waals surface area contributed by atoms with Crippen molar-refractivity contribution >= 4 is 30.1 Å². The van der Waals surface area contributed by atoms with E-state index in [1.54, 1.807) is 0 Å². The number of carbonyl (C=O) groups excluding carboxylic acids is 1. The summed E-state index contributed by atoms with van der Waals surface area (Å²) in [5, 5.41) is 3.12. The Kier molecular flexibility index (Phi) is 9.81. The van der Waals surface area contributed by atoms with Gasteiger partial charge in [-0.05, 0) is 43.2 Å². The summed E-state index contributed by atoms with van der Waals surface area (Å²) < 4.78 is 0. The Morgan fingerprint density at radius 1 is 1.23 bits per heavy atom. The summed E-state index contributed by atoms with van der Waals surface area (Å²) in [6, 6.07) is 8.40. The van der Waals surface area contributed by atoms with Gasteiger partial charge in [-0.15, -0.1) is 24.2 Å². The summed E-state index contributed by atoms with van der Waals surface area (Å²) in [7, 11) is 0. The van der Waals surface area contributed by atoms with Crippen LogP contribution in [0, 0.1) is 5.41 Å². The number of nitrogens with two attached hydrogens (primary N) is 1. The van der Waals surface area contributed by atoms with E-state index in [0.29, 0.717) is 6.54 Å². The number of halogens is 1. The molecule has 0 aliphatic heterocycles. The molecule has 1 unspecified atom stereocenters. The molecule has 1 aromatic carbocycles. The van der Waals surface area contributed by atoms with Crippen molar-refractivity contribution in [3.05, 3.63) is 29.8 Å². The number of nitrogens with one attached hydrogen (secondary N) is 1. The zero-order chi connectivity index (χ0) is 15.9. The number of hydrogen-bond acceptors (Lipinski definition) is 3. The standard InChI is InChI=1S/C17H28N2OS.ClH/c1-5-17(6-2,12-18)16(20)19-13(4)14-8-10-15(11-9-14)21-7-3;/h8-11,13H,5-7,12,18H2,1-4H3,(H,19,20);1H. The Morgan fingerprint density at radius 3 is 2.18 bits per heavy atom. The predicted octanol–water partition coefficient (Wildman–Crippen LogP) is 4.16. The van der Waals surface area contributed by atoms with E-state index in [2.05, 4.69) is 36.5 Å². The number of benzene rings is 1. The Morgan fingerprint density at radius 2 is 1.77 bits per heavy atom. The molecule has 126 valence electrons. The maximum absolute atomic E-state index is 12.5. The second kappa shape index (κ2) is 10.1. The molecular formula is C17H29ClN2OS. The largest absolute Gasteiger partial charge is 0.349 e. The number of carbonyl (C=O) groups is 1. The van der Waals surface area contributed by atoms with Crippen LogP contribution < -0.4 is 11.1 Å². The van der Waals surface area contributed by atoms with Crippen molar-refractivity contribution < 1.29 is 4.79 Å². The molecule has 0 saturated carbocycles. The predicted molar refractivity (Wildman–Crippen MR) is 98.7 cm³/mol. The van der Waals surface area contributed by atoms with Crippen LogP contribution in [0.2, 0.25) is 0 Å². The molecule has 0 aliphatic rings. The van der Waals surface area contributed by atoms with Crippen LogP contribution in [0.1, 0.15) is 52.1 Å². The Balaban J connectivity index is 0.00000441. The number of rotatable bonds is 8. The summed E-state index contributed by atoms with van der Waals surface area (Å²) in [5.41, 5.74) is 6.52. The van der Waals surface area contributed by atoms with Crippen molar-refractivity contribution in [2.45, 2.75) is 51.5 Å². The summed E-state index contributed by atoms with van der Waals surface area (Å²) in [4.78, 5) is 13.8. The fourth-order valence-electron chi connectivity index (χ4n) is 2.40. The van der Waals surface area contributed by atoms with E-state index in [-0.39, 0.29) is 24.4 Å². The minimum atomic E-state index is -0.438. The molecular weight excluding hydrogens is 316 g/mol. The highest BCUT2D eigenvalue weighted by molar-refractivity contribution is 7.99. The number of amides is 1. The fourth-order valence-corrected chi connectivity index (χ4v) is 3.07. The van der Waals surface area contributed by atoms with E-state index in [1.165, 1.54) is 4.90 Å². The maximum atomic E-state index is 12.5. The third-order valence-electron chi connectivity index (χ3n) is 4.26. The quantitative estimate of drug-likeness (QED) is 0.696. The van der Waals surface area contributed by atoms with Gasteiger partial charge in [0.15, 0.2) is 0 Å². The summed E-state index contributed by atoms with van der Waals surface area (Å²) >= 11 is 1.82. The lowest BCUT2D eigenvalue weighted by Crippen LogP contribution is -2.46. The SMILES string of the molecule is CCSc1ccc(C(C)NC(=O)C(CC)(CC)CN)cc1.Cl. The zero-order valence-electron chi connectivity index (χ0n) is 14.0. The molecule has 0 fully saturated rings. The zero-order valence-corrected chi connectivity index (χ0v) is 15.7. The van der Waals surface area contributed by atoms with Crippen LogP contribution in [0.5, 0.6) is 0 Å². The van der Waals surface area contributed by atoms with Gasteiger partial charge >= 0.3 is 0 Å². The average molecular weight is 345 g/mol. The van der Waals surface area contributed by atoms with Crippen molar-refractivity contribution in [3.8, 4) is 0 Å². The van der Waals surface area contributed by atoms with Crippen LogP contribution in [0.15, 0.2) is 29.2 Å². The van der Waals surface area contributed by atoms with Gasteiger partial charge in [0.25, 0.3) is 0 Å². The van der Waals surface area contributed by atoms with E-state index in [9.17, 15) is 4.79 Å². The van der Waals surface area contributed by atoms with Crippen molar-refractivity contribution in [3.63, 3.8) is 0 Å². The van der Waals surface area contributed by atoms with Gasteiger partial charge in [-0.1, -0.05) is 32.9 Å². The first-order valence-corrected chi connectivity index (χ1v) is 8.75. The Hall–Kier alpha value is -0.710. The van der Waals surface area contributed by atoms with Crippen LogP contribution in [0.4, 0.5) is 0 Å². The maximum Gasteiger partial charge on any atom is 0.227 e. The summed E-state index contributed by atoms with van der Waals surface area (Å²) in [5.74, 6) is 1.13. The van der Waals surface area contributed by atoms with Gasteiger partial charge in [-0.25, -0.2) is 0 Å². The van der Waals surface area contributed by atoms with Crippen molar-refractivity contribution in [2.75, 3.05) is 12.3 Å². The first-order chi connectivity index (χ1) is 10.0. The van der Waals surface area contributed by atoms with E-state index >= 15 is 0 Å². The van der Waals surface area contributed by atoms with Gasteiger partial charge < -0.3 is 11.1 Å². The molecule has 3 N–H and O–H groups in total. The first kappa shape index (κ1) is 21.3. The lowest BCUT2D eigenvalue weighted by atomic mass is 9.81. The molecule has 0 bridgehead atoms. The second-order valence-electron chi connectivity index (χ2n) is 5.39. The average Bonchev–Trinajstić information content (AvgIpc) is 2.50.